The standard InChI is InChI=1S/C18H18F3N3O6S/c1-11(2)9-29-17(26)30-15(25)4-5-24-10-22-16(23-24)12-6-13(18(19,20)21)8-14(7-12)31(3,27)28/h4-8,10-11H,9H2,1-3H3/b5-4-. The van der Waals surface area contributed by atoms with Crippen molar-refractivity contribution in [2.24, 2.45) is 5.92 Å². The van der Waals surface area contributed by atoms with Crippen molar-refractivity contribution in [1.29, 1.82) is 0 Å². The number of benzene rings is 1. The molecule has 9 nitrogen and oxygen atoms in total. The minimum atomic E-state index is -4.79. The van der Waals surface area contributed by atoms with E-state index in [0.29, 0.717) is 12.1 Å². The van der Waals surface area contributed by atoms with Crippen molar-refractivity contribution in [2.75, 3.05) is 12.9 Å². The maximum absolute atomic E-state index is 13.1. The van der Waals surface area contributed by atoms with E-state index in [-0.39, 0.29) is 23.9 Å². The van der Waals surface area contributed by atoms with Gasteiger partial charge in [0.2, 0.25) is 0 Å². The van der Waals surface area contributed by atoms with Crippen molar-refractivity contribution in [3.63, 3.8) is 0 Å². The Morgan fingerprint density at radius 2 is 1.90 bits per heavy atom. The van der Waals surface area contributed by atoms with Crippen LogP contribution in [0.15, 0.2) is 35.5 Å². The molecule has 13 heteroatoms. The lowest BCUT2D eigenvalue weighted by Crippen LogP contribution is -2.14. The van der Waals surface area contributed by atoms with Crippen molar-refractivity contribution in [3.8, 4) is 11.4 Å². The molecule has 0 amide bonds. The maximum Gasteiger partial charge on any atom is 0.516 e. The highest BCUT2D eigenvalue weighted by atomic mass is 32.2. The first kappa shape index (κ1) is 24.1. The highest BCUT2D eigenvalue weighted by Gasteiger charge is 2.32. The SMILES string of the molecule is CC(C)COC(=O)OC(=O)/C=C\n1cnc(-c2cc(C(F)(F)F)cc(S(C)(=O)=O)c2)n1. The number of sulfone groups is 1. The molecule has 0 spiro atoms. The van der Waals surface area contributed by atoms with Crippen molar-refractivity contribution in [3.05, 3.63) is 36.2 Å². The molecule has 0 aliphatic carbocycles. The van der Waals surface area contributed by atoms with Gasteiger partial charge in [0.15, 0.2) is 15.7 Å². The number of hydrogen-bond donors (Lipinski definition) is 0. The molecule has 1 heterocycles. The molecule has 1 aromatic heterocycles. The third-order valence-corrected chi connectivity index (χ3v) is 4.60. The topological polar surface area (TPSA) is 117 Å². The Kier molecular flexibility index (Phi) is 7.21. The van der Waals surface area contributed by atoms with Crippen LogP contribution in [0, 0.1) is 5.92 Å². The predicted molar refractivity (Wildman–Crippen MR) is 101 cm³/mol. The van der Waals surface area contributed by atoms with Gasteiger partial charge < -0.3 is 9.47 Å². The van der Waals surface area contributed by atoms with E-state index < -0.39 is 38.6 Å². The summed E-state index contributed by atoms with van der Waals surface area (Å²) in [4.78, 5) is 26.2. The van der Waals surface area contributed by atoms with E-state index in [1.165, 1.54) is 0 Å². The van der Waals surface area contributed by atoms with Crippen LogP contribution in [0.25, 0.3) is 17.6 Å². The second-order valence-corrected chi connectivity index (χ2v) is 8.77. The van der Waals surface area contributed by atoms with E-state index in [2.05, 4.69) is 19.6 Å². The number of carbonyl (C=O) groups is 2. The second-order valence-electron chi connectivity index (χ2n) is 6.76. The van der Waals surface area contributed by atoms with Crippen molar-refractivity contribution < 1.29 is 40.7 Å². The predicted octanol–water partition coefficient (Wildman–Crippen LogP) is 3.17. The molecular formula is C18H18F3N3O6S. The van der Waals surface area contributed by atoms with Crippen molar-refractivity contribution in [2.45, 2.75) is 24.9 Å². The quantitative estimate of drug-likeness (QED) is 0.366. The summed E-state index contributed by atoms with van der Waals surface area (Å²) in [7, 11) is -3.93. The van der Waals surface area contributed by atoms with Crippen LogP contribution in [0.4, 0.5) is 18.0 Å². The minimum absolute atomic E-state index is 0.0471. The molecule has 31 heavy (non-hydrogen) atoms. The van der Waals surface area contributed by atoms with Gasteiger partial charge in [-0.05, 0) is 24.1 Å². The molecule has 168 valence electrons. The summed E-state index contributed by atoms with van der Waals surface area (Å²) in [6, 6.07) is 2.23. The molecule has 0 fully saturated rings. The summed E-state index contributed by atoms with van der Waals surface area (Å²) >= 11 is 0. The van der Waals surface area contributed by atoms with E-state index in [4.69, 9.17) is 0 Å². The van der Waals surface area contributed by atoms with E-state index >= 15 is 0 Å². The average Bonchev–Trinajstić information content (AvgIpc) is 3.12. The summed E-state index contributed by atoms with van der Waals surface area (Å²) in [5.74, 6) is -1.24. The molecule has 1 aromatic carbocycles. The molecule has 0 aliphatic rings. The molecule has 0 atom stereocenters. The largest absolute Gasteiger partial charge is 0.516 e. The van der Waals surface area contributed by atoms with Crippen LogP contribution < -0.4 is 0 Å². The molecule has 0 bridgehead atoms. The smallest absolute Gasteiger partial charge is 0.434 e. The zero-order chi connectivity index (χ0) is 23.4. The number of halogens is 3. The van der Waals surface area contributed by atoms with Crippen LogP contribution >= 0.6 is 0 Å². The lowest BCUT2D eigenvalue weighted by molar-refractivity contribution is -0.138. The maximum atomic E-state index is 13.1. The molecular weight excluding hydrogens is 443 g/mol. The molecule has 0 unspecified atom stereocenters. The van der Waals surface area contributed by atoms with Gasteiger partial charge in [0, 0.05) is 24.1 Å². The Bertz CT molecular complexity index is 1110. The fourth-order valence-corrected chi connectivity index (χ4v) is 2.78. The Labute approximate surface area is 175 Å². The third-order valence-electron chi connectivity index (χ3n) is 3.51. The number of hydrogen-bond acceptors (Lipinski definition) is 8. The van der Waals surface area contributed by atoms with E-state index in [9.17, 15) is 31.2 Å². The summed E-state index contributed by atoms with van der Waals surface area (Å²) in [5.41, 5.74) is -1.37. The summed E-state index contributed by atoms with van der Waals surface area (Å²) in [5, 5.41) is 3.87. The zero-order valence-corrected chi connectivity index (χ0v) is 17.4. The van der Waals surface area contributed by atoms with Crippen LogP contribution in [-0.2, 0) is 30.3 Å². The molecule has 0 radical (unpaired) electrons. The van der Waals surface area contributed by atoms with Crippen LogP contribution in [0.2, 0.25) is 0 Å². The molecule has 2 rings (SSSR count). The highest BCUT2D eigenvalue weighted by molar-refractivity contribution is 7.90. The number of alkyl halides is 3. The normalized spacial score (nSPS) is 12.4. The van der Waals surface area contributed by atoms with Gasteiger partial charge in [-0.1, -0.05) is 13.8 Å². The van der Waals surface area contributed by atoms with E-state index in [0.717, 1.165) is 35.6 Å². The number of nitrogens with zero attached hydrogens (tertiary/aromatic N) is 3. The Morgan fingerprint density at radius 3 is 2.48 bits per heavy atom. The average molecular weight is 461 g/mol. The Balaban J connectivity index is 2.21. The second kappa shape index (κ2) is 9.29. The van der Waals surface area contributed by atoms with Crippen molar-refractivity contribution in [1.82, 2.24) is 14.8 Å². The van der Waals surface area contributed by atoms with Gasteiger partial charge in [-0.25, -0.2) is 27.7 Å². The number of aromatic nitrogens is 3. The summed E-state index contributed by atoms with van der Waals surface area (Å²) in [6.07, 6.45) is -2.26. The Hall–Kier alpha value is -3.22. The summed E-state index contributed by atoms with van der Waals surface area (Å²) in [6.45, 7) is 3.65. The number of rotatable bonds is 6. The number of esters is 1. The zero-order valence-electron chi connectivity index (χ0n) is 16.6. The number of carbonyl (C=O) groups excluding carboxylic acids is 2. The Morgan fingerprint density at radius 1 is 1.23 bits per heavy atom. The van der Waals surface area contributed by atoms with Gasteiger partial charge in [0.05, 0.1) is 17.1 Å². The first-order chi connectivity index (χ1) is 14.3. The lowest BCUT2D eigenvalue weighted by atomic mass is 10.1. The van der Waals surface area contributed by atoms with E-state index in [1.54, 1.807) is 13.8 Å². The van der Waals surface area contributed by atoms with Crippen LogP contribution in [0.1, 0.15) is 19.4 Å². The van der Waals surface area contributed by atoms with Crippen molar-refractivity contribution >= 4 is 28.2 Å². The van der Waals surface area contributed by atoms with Gasteiger partial charge in [0.25, 0.3) is 0 Å². The number of ether oxygens (including phenoxy) is 2. The highest BCUT2D eigenvalue weighted by Crippen LogP contribution is 2.33. The van der Waals surface area contributed by atoms with E-state index in [1.807, 2.05) is 0 Å². The van der Waals surface area contributed by atoms with Gasteiger partial charge in [-0.3, -0.25) is 0 Å². The molecule has 0 saturated carbocycles. The fourth-order valence-electron chi connectivity index (χ4n) is 2.10. The summed E-state index contributed by atoms with van der Waals surface area (Å²) < 4.78 is 72.9. The molecule has 0 saturated heterocycles. The monoisotopic (exact) mass is 461 g/mol. The first-order valence-corrected chi connectivity index (χ1v) is 10.6. The van der Waals surface area contributed by atoms with Gasteiger partial charge in [-0.2, -0.15) is 13.2 Å². The van der Waals surface area contributed by atoms with Gasteiger partial charge in [-0.15, -0.1) is 5.10 Å². The molecule has 0 N–H and O–H groups in total. The van der Waals surface area contributed by atoms with Gasteiger partial charge in [0.1, 0.15) is 6.33 Å². The third kappa shape index (κ3) is 7.20. The molecule has 0 aliphatic heterocycles. The van der Waals surface area contributed by atoms with Crippen LogP contribution in [0.3, 0.4) is 0 Å². The lowest BCUT2D eigenvalue weighted by Gasteiger charge is -2.10. The molecule has 2 aromatic rings. The minimum Gasteiger partial charge on any atom is -0.434 e. The first-order valence-electron chi connectivity index (χ1n) is 8.66. The van der Waals surface area contributed by atoms with Gasteiger partial charge >= 0.3 is 18.3 Å². The van der Waals surface area contributed by atoms with Crippen LogP contribution in [0.5, 0.6) is 0 Å². The van der Waals surface area contributed by atoms with Crippen LogP contribution in [-0.4, -0.2) is 48.2 Å². The fraction of sp³-hybridized carbons (Fsp3) is 0.333.